The van der Waals surface area contributed by atoms with Gasteiger partial charge in [-0.05, 0) is 45.0 Å². The Morgan fingerprint density at radius 1 is 1.27 bits per heavy atom. The average Bonchev–Trinajstić information content (AvgIpc) is 2.58. The quantitative estimate of drug-likeness (QED) is 0.222. The fourth-order valence-corrected chi connectivity index (χ4v) is 2.38. The fourth-order valence-electron chi connectivity index (χ4n) is 2.38. The standard InChI is InChI=1S/C19H34N4O2.HI/c1-16-8-6-9-18(14-16)25-17(2)15-22-19(20-3)21-10-12-23(4)11-7-13-24-5;/h6,8-9,14,17H,7,10-13,15H2,1-5H3,(H2,20,21,22);1H. The van der Waals surface area contributed by atoms with Crippen molar-refractivity contribution in [1.29, 1.82) is 0 Å². The van der Waals surface area contributed by atoms with Crippen LogP contribution in [0.4, 0.5) is 0 Å². The van der Waals surface area contributed by atoms with Crippen molar-refractivity contribution in [2.45, 2.75) is 26.4 Å². The second-order valence-electron chi connectivity index (χ2n) is 6.27. The average molecular weight is 478 g/mol. The lowest BCUT2D eigenvalue weighted by Crippen LogP contribution is -2.44. The maximum Gasteiger partial charge on any atom is 0.191 e. The Morgan fingerprint density at radius 2 is 2.04 bits per heavy atom. The molecule has 150 valence electrons. The Hall–Kier alpha value is -1.06. The number of nitrogens with zero attached hydrogens (tertiary/aromatic N) is 2. The molecule has 1 rings (SSSR count). The van der Waals surface area contributed by atoms with Gasteiger partial charge in [-0.3, -0.25) is 4.99 Å². The van der Waals surface area contributed by atoms with Gasteiger partial charge >= 0.3 is 0 Å². The van der Waals surface area contributed by atoms with Crippen molar-refractivity contribution in [3.8, 4) is 5.75 Å². The molecule has 7 heteroatoms. The number of aliphatic imine (C=N–C) groups is 1. The monoisotopic (exact) mass is 478 g/mol. The van der Waals surface area contributed by atoms with Crippen LogP contribution >= 0.6 is 24.0 Å². The summed E-state index contributed by atoms with van der Waals surface area (Å²) in [4.78, 5) is 6.53. The first-order valence-electron chi connectivity index (χ1n) is 8.90. The highest BCUT2D eigenvalue weighted by atomic mass is 127. The Bertz CT molecular complexity index is 514. The first-order chi connectivity index (χ1) is 12.0. The van der Waals surface area contributed by atoms with E-state index in [0.717, 1.165) is 44.4 Å². The van der Waals surface area contributed by atoms with Gasteiger partial charge in [-0.15, -0.1) is 24.0 Å². The molecule has 0 amide bonds. The summed E-state index contributed by atoms with van der Waals surface area (Å²) in [5.41, 5.74) is 1.20. The molecule has 2 N–H and O–H groups in total. The zero-order valence-electron chi connectivity index (χ0n) is 16.7. The van der Waals surface area contributed by atoms with Crippen LogP contribution in [0.3, 0.4) is 0 Å². The summed E-state index contributed by atoms with van der Waals surface area (Å²) in [5.74, 6) is 1.69. The molecule has 1 unspecified atom stereocenters. The van der Waals surface area contributed by atoms with E-state index >= 15 is 0 Å². The van der Waals surface area contributed by atoms with Crippen molar-refractivity contribution < 1.29 is 9.47 Å². The van der Waals surface area contributed by atoms with Crippen LogP contribution in [0.1, 0.15) is 18.9 Å². The molecule has 0 aliphatic rings. The zero-order valence-corrected chi connectivity index (χ0v) is 19.1. The van der Waals surface area contributed by atoms with Gasteiger partial charge in [0.1, 0.15) is 11.9 Å². The van der Waals surface area contributed by atoms with Gasteiger partial charge in [0.15, 0.2) is 5.96 Å². The molecule has 0 aromatic heterocycles. The van der Waals surface area contributed by atoms with Crippen molar-refractivity contribution in [2.75, 3.05) is 54.0 Å². The Morgan fingerprint density at radius 3 is 2.69 bits per heavy atom. The predicted octanol–water partition coefficient (Wildman–Crippen LogP) is 2.51. The number of ether oxygens (including phenoxy) is 2. The molecule has 0 heterocycles. The molecule has 0 aliphatic heterocycles. The Kier molecular flexibility index (Phi) is 14.4. The number of methoxy groups -OCH3 is 1. The van der Waals surface area contributed by atoms with Crippen LogP contribution in [0.15, 0.2) is 29.3 Å². The summed E-state index contributed by atoms with van der Waals surface area (Å²) in [6.07, 6.45) is 1.10. The van der Waals surface area contributed by atoms with Gasteiger partial charge in [0.05, 0.1) is 6.54 Å². The van der Waals surface area contributed by atoms with Crippen molar-refractivity contribution in [3.05, 3.63) is 29.8 Å². The van der Waals surface area contributed by atoms with Crippen molar-refractivity contribution in [2.24, 2.45) is 4.99 Å². The minimum atomic E-state index is 0. The number of likely N-dealkylation sites (N-methyl/N-ethyl adjacent to an activating group) is 1. The molecule has 0 saturated heterocycles. The zero-order chi connectivity index (χ0) is 18.5. The molecule has 0 spiro atoms. The Labute approximate surface area is 175 Å². The highest BCUT2D eigenvalue weighted by Crippen LogP contribution is 2.13. The number of halogens is 1. The van der Waals surface area contributed by atoms with Gasteiger partial charge in [-0.2, -0.15) is 0 Å². The maximum atomic E-state index is 5.92. The van der Waals surface area contributed by atoms with Crippen LogP contribution in [-0.4, -0.2) is 71.0 Å². The predicted molar refractivity (Wildman–Crippen MR) is 120 cm³/mol. The third kappa shape index (κ3) is 11.5. The maximum absolute atomic E-state index is 5.92. The van der Waals surface area contributed by atoms with Crippen molar-refractivity contribution in [1.82, 2.24) is 15.5 Å². The lowest BCUT2D eigenvalue weighted by atomic mass is 10.2. The lowest BCUT2D eigenvalue weighted by molar-refractivity contribution is 0.180. The minimum absolute atomic E-state index is 0. The second kappa shape index (κ2) is 15.0. The van der Waals surface area contributed by atoms with Gasteiger partial charge in [-0.1, -0.05) is 12.1 Å². The molecule has 1 atom stereocenters. The molecular formula is C19H35IN4O2. The molecule has 1 aromatic carbocycles. The summed E-state index contributed by atoms with van der Waals surface area (Å²) in [6.45, 7) is 8.44. The van der Waals surface area contributed by atoms with Gasteiger partial charge in [-0.25, -0.2) is 0 Å². The van der Waals surface area contributed by atoms with E-state index in [1.807, 2.05) is 25.1 Å². The molecule has 0 saturated carbocycles. The molecule has 26 heavy (non-hydrogen) atoms. The van der Waals surface area contributed by atoms with Gasteiger partial charge < -0.3 is 25.0 Å². The number of hydrogen-bond donors (Lipinski definition) is 2. The smallest absolute Gasteiger partial charge is 0.191 e. The van der Waals surface area contributed by atoms with Crippen LogP contribution < -0.4 is 15.4 Å². The van der Waals surface area contributed by atoms with E-state index in [9.17, 15) is 0 Å². The van der Waals surface area contributed by atoms with Gasteiger partial charge in [0.2, 0.25) is 0 Å². The highest BCUT2D eigenvalue weighted by Gasteiger charge is 2.06. The summed E-state index contributed by atoms with van der Waals surface area (Å²) < 4.78 is 11.0. The molecule has 0 fully saturated rings. The molecule has 0 radical (unpaired) electrons. The van der Waals surface area contributed by atoms with Crippen molar-refractivity contribution >= 4 is 29.9 Å². The number of rotatable bonds is 11. The fraction of sp³-hybridized carbons (Fsp3) is 0.632. The first kappa shape index (κ1) is 24.9. The summed E-state index contributed by atoms with van der Waals surface area (Å²) in [7, 11) is 5.63. The lowest BCUT2D eigenvalue weighted by Gasteiger charge is -2.20. The number of aryl methyl sites for hydroxylation is 1. The molecular weight excluding hydrogens is 443 g/mol. The first-order valence-corrected chi connectivity index (χ1v) is 8.90. The normalized spacial score (nSPS) is 12.5. The van der Waals surface area contributed by atoms with Crippen LogP contribution in [0.2, 0.25) is 0 Å². The third-order valence-corrected chi connectivity index (χ3v) is 3.78. The minimum Gasteiger partial charge on any atom is -0.489 e. The topological polar surface area (TPSA) is 58.1 Å². The van der Waals surface area contributed by atoms with E-state index in [1.165, 1.54) is 5.56 Å². The SMILES string of the molecule is CN=C(NCCN(C)CCCOC)NCC(C)Oc1cccc(C)c1.I. The van der Waals surface area contributed by atoms with E-state index in [1.54, 1.807) is 14.2 Å². The van der Waals surface area contributed by atoms with Crippen LogP contribution in [0.5, 0.6) is 5.75 Å². The van der Waals surface area contributed by atoms with Crippen LogP contribution in [0, 0.1) is 6.92 Å². The summed E-state index contributed by atoms with van der Waals surface area (Å²) in [5, 5.41) is 6.63. The summed E-state index contributed by atoms with van der Waals surface area (Å²) >= 11 is 0. The number of hydrogen-bond acceptors (Lipinski definition) is 4. The largest absolute Gasteiger partial charge is 0.489 e. The van der Waals surface area contributed by atoms with E-state index in [0.29, 0.717) is 6.54 Å². The van der Waals surface area contributed by atoms with E-state index < -0.39 is 0 Å². The molecule has 0 aliphatic carbocycles. The molecule has 0 bridgehead atoms. The van der Waals surface area contributed by atoms with Crippen molar-refractivity contribution in [3.63, 3.8) is 0 Å². The van der Waals surface area contributed by atoms with Gasteiger partial charge in [0.25, 0.3) is 0 Å². The van der Waals surface area contributed by atoms with E-state index in [4.69, 9.17) is 9.47 Å². The Balaban J connectivity index is 0.00000625. The van der Waals surface area contributed by atoms with Crippen LogP contribution in [-0.2, 0) is 4.74 Å². The second-order valence-corrected chi connectivity index (χ2v) is 6.27. The molecule has 1 aromatic rings. The number of guanidine groups is 1. The van der Waals surface area contributed by atoms with Gasteiger partial charge in [0, 0.05) is 40.4 Å². The number of benzene rings is 1. The highest BCUT2D eigenvalue weighted by molar-refractivity contribution is 14.0. The van der Waals surface area contributed by atoms with Crippen LogP contribution in [0.25, 0.3) is 0 Å². The third-order valence-electron chi connectivity index (χ3n) is 3.78. The number of nitrogens with one attached hydrogen (secondary N) is 2. The molecule has 6 nitrogen and oxygen atoms in total. The van der Waals surface area contributed by atoms with E-state index in [-0.39, 0.29) is 30.1 Å². The summed E-state index contributed by atoms with van der Waals surface area (Å²) in [6, 6.07) is 8.10. The van der Waals surface area contributed by atoms with E-state index in [2.05, 4.69) is 40.6 Å².